The maximum atomic E-state index is 5.68. The van der Waals surface area contributed by atoms with Crippen molar-refractivity contribution >= 4 is 16.9 Å². The normalized spacial score (nSPS) is 22.0. The number of imidazole rings is 1. The molecule has 4 heterocycles. The summed E-state index contributed by atoms with van der Waals surface area (Å²) < 4.78 is 13.6. The van der Waals surface area contributed by atoms with Gasteiger partial charge in [0.25, 0.3) is 0 Å². The maximum absolute atomic E-state index is 5.68. The lowest BCUT2D eigenvalue weighted by molar-refractivity contribution is 0.0719. The van der Waals surface area contributed by atoms with Crippen LogP contribution in [0.2, 0.25) is 0 Å². The first-order valence-corrected chi connectivity index (χ1v) is 10.8. The number of anilines is 1. The monoisotopic (exact) mass is 407 g/mol. The number of methoxy groups -OCH3 is 1. The van der Waals surface area contributed by atoms with Gasteiger partial charge in [-0.05, 0) is 44.0 Å². The Labute approximate surface area is 177 Å². The van der Waals surface area contributed by atoms with Crippen LogP contribution in [0.25, 0.3) is 22.4 Å². The molecule has 0 amide bonds. The summed E-state index contributed by atoms with van der Waals surface area (Å²) in [5, 5.41) is 3.55. The Morgan fingerprint density at radius 2 is 2.20 bits per heavy atom. The number of rotatable bonds is 5. The zero-order chi connectivity index (χ0) is 20.5. The summed E-state index contributed by atoms with van der Waals surface area (Å²) in [6.07, 6.45) is 4.42. The van der Waals surface area contributed by atoms with Crippen LogP contribution in [0.1, 0.15) is 19.8 Å². The predicted octanol–water partition coefficient (Wildman–Crippen LogP) is 3.08. The molecule has 2 saturated heterocycles. The van der Waals surface area contributed by atoms with E-state index in [1.54, 1.807) is 7.11 Å². The second-order valence-electron chi connectivity index (χ2n) is 8.19. The molecule has 2 aliphatic rings. The molecule has 158 valence electrons. The molecule has 0 radical (unpaired) electrons. The van der Waals surface area contributed by atoms with Gasteiger partial charge < -0.3 is 24.3 Å². The van der Waals surface area contributed by atoms with Crippen molar-refractivity contribution in [3.63, 3.8) is 0 Å². The second kappa shape index (κ2) is 8.24. The summed E-state index contributed by atoms with van der Waals surface area (Å²) in [7, 11) is 1.71. The highest BCUT2D eigenvalue weighted by atomic mass is 16.5. The third-order valence-electron chi connectivity index (χ3n) is 6.20. The number of ether oxygens (including phenoxy) is 2. The molecule has 5 rings (SSSR count). The number of aromatic nitrogens is 3. The Balaban J connectivity index is 1.55. The molecule has 0 spiro atoms. The van der Waals surface area contributed by atoms with E-state index in [0.717, 1.165) is 60.2 Å². The summed E-state index contributed by atoms with van der Waals surface area (Å²) in [5.41, 5.74) is 2.96. The molecule has 7 heteroatoms. The number of hydrogen-bond donors (Lipinski definition) is 1. The first kappa shape index (κ1) is 19.3. The molecule has 0 saturated carbocycles. The lowest BCUT2D eigenvalue weighted by Crippen LogP contribution is -2.43. The minimum absolute atomic E-state index is 0.234. The Morgan fingerprint density at radius 3 is 2.90 bits per heavy atom. The zero-order valence-corrected chi connectivity index (χ0v) is 17.7. The van der Waals surface area contributed by atoms with Crippen LogP contribution in [-0.2, 0) is 11.3 Å². The van der Waals surface area contributed by atoms with Crippen LogP contribution in [0.3, 0.4) is 0 Å². The highest BCUT2D eigenvalue weighted by molar-refractivity contribution is 5.86. The van der Waals surface area contributed by atoms with Crippen molar-refractivity contribution in [2.75, 3.05) is 38.3 Å². The highest BCUT2D eigenvalue weighted by Gasteiger charge is 2.23. The van der Waals surface area contributed by atoms with Gasteiger partial charge in [-0.1, -0.05) is 6.07 Å². The SMILES string of the molecule is COc1cccc2nc(-c3ccc(N4CCCC4C)nc3)n(CC3COCCN3)c12. The van der Waals surface area contributed by atoms with E-state index in [-0.39, 0.29) is 6.04 Å². The van der Waals surface area contributed by atoms with Gasteiger partial charge in [0.05, 0.1) is 25.8 Å². The topological polar surface area (TPSA) is 64.4 Å². The molecular weight excluding hydrogens is 378 g/mol. The lowest BCUT2D eigenvalue weighted by atomic mass is 10.2. The fraction of sp³-hybridized carbons (Fsp3) is 0.478. The quantitative estimate of drug-likeness (QED) is 0.701. The largest absolute Gasteiger partial charge is 0.494 e. The number of benzene rings is 1. The Morgan fingerprint density at radius 1 is 1.27 bits per heavy atom. The number of nitrogens with one attached hydrogen (secondary N) is 1. The van der Waals surface area contributed by atoms with E-state index in [1.807, 2.05) is 24.4 Å². The van der Waals surface area contributed by atoms with Gasteiger partial charge in [-0.15, -0.1) is 0 Å². The summed E-state index contributed by atoms with van der Waals surface area (Å²) in [5.74, 6) is 2.79. The third kappa shape index (κ3) is 3.52. The van der Waals surface area contributed by atoms with Gasteiger partial charge in [0.2, 0.25) is 0 Å². The lowest BCUT2D eigenvalue weighted by Gasteiger charge is -2.25. The van der Waals surface area contributed by atoms with Crippen molar-refractivity contribution in [1.82, 2.24) is 19.9 Å². The Bertz CT molecular complexity index is 1010. The molecule has 2 fully saturated rings. The van der Waals surface area contributed by atoms with Crippen LogP contribution in [0, 0.1) is 0 Å². The zero-order valence-electron chi connectivity index (χ0n) is 17.7. The third-order valence-corrected chi connectivity index (χ3v) is 6.20. The van der Waals surface area contributed by atoms with E-state index in [1.165, 1.54) is 12.8 Å². The van der Waals surface area contributed by atoms with Gasteiger partial charge in [-0.3, -0.25) is 0 Å². The first-order chi connectivity index (χ1) is 14.7. The van der Waals surface area contributed by atoms with Crippen LogP contribution in [0.5, 0.6) is 5.75 Å². The van der Waals surface area contributed by atoms with E-state index in [0.29, 0.717) is 12.6 Å². The fourth-order valence-corrected chi connectivity index (χ4v) is 4.63. The summed E-state index contributed by atoms with van der Waals surface area (Å²) in [6, 6.07) is 11.1. The molecular formula is C23H29N5O2. The first-order valence-electron chi connectivity index (χ1n) is 10.8. The highest BCUT2D eigenvalue weighted by Crippen LogP contribution is 2.32. The summed E-state index contributed by atoms with van der Waals surface area (Å²) in [6.45, 7) is 6.44. The van der Waals surface area contributed by atoms with Gasteiger partial charge in [-0.25, -0.2) is 9.97 Å². The average molecular weight is 408 g/mol. The molecule has 7 nitrogen and oxygen atoms in total. The summed E-state index contributed by atoms with van der Waals surface area (Å²) in [4.78, 5) is 12.1. The molecule has 30 heavy (non-hydrogen) atoms. The fourth-order valence-electron chi connectivity index (χ4n) is 4.63. The molecule has 0 aliphatic carbocycles. The molecule has 2 aromatic heterocycles. The van der Waals surface area contributed by atoms with E-state index >= 15 is 0 Å². The van der Waals surface area contributed by atoms with Gasteiger partial charge in [0.1, 0.15) is 22.9 Å². The van der Waals surface area contributed by atoms with Crippen LogP contribution in [0.15, 0.2) is 36.5 Å². The summed E-state index contributed by atoms with van der Waals surface area (Å²) >= 11 is 0. The predicted molar refractivity (Wildman–Crippen MR) is 118 cm³/mol. The van der Waals surface area contributed by atoms with Crippen molar-refractivity contribution in [3.05, 3.63) is 36.5 Å². The molecule has 2 atom stereocenters. The van der Waals surface area contributed by atoms with Gasteiger partial charge in [0, 0.05) is 43.5 Å². The minimum atomic E-state index is 0.234. The van der Waals surface area contributed by atoms with Crippen LogP contribution in [-0.4, -0.2) is 60.0 Å². The Kier molecular flexibility index (Phi) is 5.31. The van der Waals surface area contributed by atoms with Crippen molar-refractivity contribution in [2.45, 2.75) is 38.4 Å². The van der Waals surface area contributed by atoms with Crippen LogP contribution < -0.4 is 15.0 Å². The molecule has 1 N–H and O–H groups in total. The number of morpholine rings is 1. The Hall–Kier alpha value is -2.64. The van der Waals surface area contributed by atoms with Crippen molar-refractivity contribution in [2.24, 2.45) is 0 Å². The molecule has 2 unspecified atom stereocenters. The van der Waals surface area contributed by atoms with E-state index in [2.05, 4.69) is 33.8 Å². The average Bonchev–Trinajstić information content (AvgIpc) is 3.38. The molecule has 3 aromatic rings. The van der Waals surface area contributed by atoms with Crippen molar-refractivity contribution in [3.8, 4) is 17.1 Å². The molecule has 2 aliphatic heterocycles. The van der Waals surface area contributed by atoms with Gasteiger partial charge >= 0.3 is 0 Å². The number of fused-ring (bicyclic) bond motifs is 1. The van der Waals surface area contributed by atoms with E-state index in [9.17, 15) is 0 Å². The van der Waals surface area contributed by atoms with E-state index in [4.69, 9.17) is 19.4 Å². The molecule has 0 bridgehead atoms. The second-order valence-corrected chi connectivity index (χ2v) is 8.19. The molecule has 1 aromatic carbocycles. The van der Waals surface area contributed by atoms with Crippen molar-refractivity contribution in [1.29, 1.82) is 0 Å². The smallest absolute Gasteiger partial charge is 0.144 e. The standard InChI is InChI=1S/C23H29N5O2/c1-16-5-4-11-27(16)21-9-8-17(13-25-21)23-26-19-6-3-7-20(29-2)22(19)28(23)14-18-15-30-12-10-24-18/h3,6-9,13,16,18,24H,4-5,10-12,14-15H2,1-2H3. The minimum Gasteiger partial charge on any atom is -0.494 e. The van der Waals surface area contributed by atoms with Gasteiger partial charge in [0.15, 0.2) is 0 Å². The number of nitrogens with zero attached hydrogens (tertiary/aromatic N) is 4. The van der Waals surface area contributed by atoms with Crippen LogP contribution >= 0.6 is 0 Å². The van der Waals surface area contributed by atoms with Gasteiger partial charge in [-0.2, -0.15) is 0 Å². The number of hydrogen-bond acceptors (Lipinski definition) is 6. The maximum Gasteiger partial charge on any atom is 0.144 e. The van der Waals surface area contributed by atoms with E-state index < -0.39 is 0 Å². The van der Waals surface area contributed by atoms with Crippen LogP contribution in [0.4, 0.5) is 5.82 Å². The number of para-hydroxylation sites is 1. The van der Waals surface area contributed by atoms with Crippen molar-refractivity contribution < 1.29 is 9.47 Å². The number of pyridine rings is 1.